The molecule has 1 radical (unpaired) electrons. The molecule has 0 aliphatic carbocycles. The van der Waals surface area contributed by atoms with Crippen molar-refractivity contribution in [2.45, 2.75) is 6.42 Å². The fourth-order valence-electron chi connectivity index (χ4n) is 1.75. The van der Waals surface area contributed by atoms with E-state index in [1.54, 1.807) is 11.3 Å². The number of fused-ring (bicyclic) bond motifs is 1. The molecule has 2 heterocycles. The lowest BCUT2D eigenvalue weighted by atomic mass is 10.1. The summed E-state index contributed by atoms with van der Waals surface area (Å²) in [6, 6.07) is 15.3. The van der Waals surface area contributed by atoms with Crippen molar-refractivity contribution in [2.75, 3.05) is 0 Å². The Bertz CT molecular complexity index is 599. The molecule has 0 aliphatic rings. The minimum absolute atomic E-state index is 0.915. The topological polar surface area (TPSA) is 12.9 Å². The molecule has 0 saturated carbocycles. The van der Waals surface area contributed by atoms with E-state index in [9.17, 15) is 0 Å². The third-order valence-electron chi connectivity index (χ3n) is 2.56. The van der Waals surface area contributed by atoms with Crippen LogP contribution in [0.15, 0.2) is 47.2 Å². The highest BCUT2D eigenvalue weighted by Crippen LogP contribution is 2.15. The van der Waals surface area contributed by atoms with Gasteiger partial charge in [-0.1, -0.05) is 12.1 Å². The summed E-state index contributed by atoms with van der Waals surface area (Å²) < 4.78 is 0. The first kappa shape index (κ1) is 9.55. The van der Waals surface area contributed by atoms with Crippen molar-refractivity contribution < 1.29 is 0 Å². The molecule has 77 valence electrons. The average molecular weight is 224 g/mol. The van der Waals surface area contributed by atoms with Crippen LogP contribution in [0.3, 0.4) is 0 Å². The molecule has 0 bridgehead atoms. The Kier molecular flexibility index (Phi) is 2.43. The van der Waals surface area contributed by atoms with Crippen LogP contribution in [0.2, 0.25) is 0 Å². The van der Waals surface area contributed by atoms with E-state index < -0.39 is 0 Å². The first-order valence-corrected chi connectivity index (χ1v) is 6.13. The zero-order valence-corrected chi connectivity index (χ0v) is 9.50. The summed E-state index contributed by atoms with van der Waals surface area (Å²) in [5.74, 6) is 0. The number of benzene rings is 1. The van der Waals surface area contributed by atoms with Gasteiger partial charge in [0.15, 0.2) is 0 Å². The minimum atomic E-state index is 0.915. The summed E-state index contributed by atoms with van der Waals surface area (Å²) in [5.41, 5.74) is 3.50. The second-order valence-corrected chi connectivity index (χ2v) is 4.51. The van der Waals surface area contributed by atoms with E-state index >= 15 is 0 Å². The lowest BCUT2D eigenvalue weighted by Gasteiger charge is -2.01. The van der Waals surface area contributed by atoms with Gasteiger partial charge in [0.25, 0.3) is 0 Å². The van der Waals surface area contributed by atoms with Gasteiger partial charge in [-0.15, -0.1) is 0 Å². The number of hydrogen-bond acceptors (Lipinski definition) is 2. The third kappa shape index (κ3) is 1.84. The maximum Gasteiger partial charge on any atom is 0.0705 e. The smallest absolute Gasteiger partial charge is 0.0705 e. The van der Waals surface area contributed by atoms with Gasteiger partial charge >= 0.3 is 0 Å². The number of rotatable bonds is 2. The molecule has 0 aliphatic heterocycles. The Morgan fingerprint density at radius 1 is 1.19 bits per heavy atom. The number of pyridine rings is 1. The van der Waals surface area contributed by atoms with E-state index in [0.29, 0.717) is 0 Å². The molecule has 1 aromatic carbocycles. The molecule has 3 aromatic rings. The molecule has 1 nitrogen and oxygen atoms in total. The van der Waals surface area contributed by atoms with Crippen molar-refractivity contribution in [2.24, 2.45) is 0 Å². The van der Waals surface area contributed by atoms with Gasteiger partial charge in [0.05, 0.1) is 5.52 Å². The van der Waals surface area contributed by atoms with E-state index in [1.165, 1.54) is 5.56 Å². The molecule has 0 unspecified atom stereocenters. The van der Waals surface area contributed by atoms with Crippen LogP contribution < -0.4 is 0 Å². The number of thiophene rings is 1. The molecule has 0 spiro atoms. The zero-order valence-electron chi connectivity index (χ0n) is 8.68. The van der Waals surface area contributed by atoms with Gasteiger partial charge in [-0.05, 0) is 46.7 Å². The van der Waals surface area contributed by atoms with Gasteiger partial charge in [0.2, 0.25) is 0 Å². The van der Waals surface area contributed by atoms with E-state index in [1.807, 2.05) is 18.2 Å². The maximum atomic E-state index is 4.63. The molecule has 2 aromatic heterocycles. The zero-order chi connectivity index (χ0) is 10.8. The van der Waals surface area contributed by atoms with Crippen LogP contribution in [0.25, 0.3) is 10.9 Å². The maximum absolute atomic E-state index is 4.63. The van der Waals surface area contributed by atoms with Crippen molar-refractivity contribution in [3.05, 3.63) is 64.5 Å². The van der Waals surface area contributed by atoms with E-state index in [0.717, 1.165) is 23.0 Å². The molecule has 0 atom stereocenters. The fraction of sp³-hybridized carbons (Fsp3) is 0.0714. The molecular weight excluding hydrogens is 214 g/mol. The molecule has 2 heteroatoms. The largest absolute Gasteiger partial charge is 0.252 e. The van der Waals surface area contributed by atoms with Crippen LogP contribution in [0, 0.1) is 6.07 Å². The molecule has 0 fully saturated rings. The average Bonchev–Trinajstić information content (AvgIpc) is 2.82. The normalized spacial score (nSPS) is 10.8. The first-order chi connectivity index (χ1) is 7.92. The second-order valence-electron chi connectivity index (χ2n) is 3.73. The Morgan fingerprint density at radius 2 is 2.19 bits per heavy atom. The van der Waals surface area contributed by atoms with Crippen molar-refractivity contribution in [1.29, 1.82) is 0 Å². The monoisotopic (exact) mass is 224 g/mol. The van der Waals surface area contributed by atoms with Crippen LogP contribution in [0.4, 0.5) is 0 Å². The van der Waals surface area contributed by atoms with Gasteiger partial charge in [-0.2, -0.15) is 11.3 Å². The quantitative estimate of drug-likeness (QED) is 0.647. The lowest BCUT2D eigenvalue weighted by molar-refractivity contribution is 1.11. The van der Waals surface area contributed by atoms with Gasteiger partial charge in [-0.25, -0.2) is 0 Å². The summed E-state index contributed by atoms with van der Waals surface area (Å²) in [5, 5.41) is 5.42. The van der Waals surface area contributed by atoms with Crippen LogP contribution in [0.5, 0.6) is 0 Å². The predicted octanol–water partition coefficient (Wildman–Crippen LogP) is 3.69. The summed E-state index contributed by atoms with van der Waals surface area (Å²) in [6.07, 6.45) is 0.915. The van der Waals surface area contributed by atoms with Crippen molar-refractivity contribution in [1.82, 2.24) is 4.98 Å². The highest BCUT2D eigenvalue weighted by molar-refractivity contribution is 7.07. The summed E-state index contributed by atoms with van der Waals surface area (Å²) in [7, 11) is 0. The Hall–Kier alpha value is -1.67. The molecule has 3 rings (SSSR count). The van der Waals surface area contributed by atoms with Crippen LogP contribution in [-0.2, 0) is 6.42 Å². The predicted molar refractivity (Wildman–Crippen MR) is 67.7 cm³/mol. The van der Waals surface area contributed by atoms with Crippen LogP contribution in [0.1, 0.15) is 11.3 Å². The third-order valence-corrected chi connectivity index (χ3v) is 3.29. The standard InChI is InChI=1S/C14H10NS/c1-2-4-14-12(3-1)5-6-13(15-14)9-11-7-8-16-10-11/h2-8,10H,9H2. The lowest BCUT2D eigenvalue weighted by Crippen LogP contribution is -1.90. The number of hydrogen-bond donors (Lipinski definition) is 0. The van der Waals surface area contributed by atoms with E-state index in [-0.39, 0.29) is 0 Å². The van der Waals surface area contributed by atoms with Crippen molar-refractivity contribution >= 4 is 22.2 Å². The van der Waals surface area contributed by atoms with Crippen LogP contribution in [-0.4, -0.2) is 4.98 Å². The Morgan fingerprint density at radius 3 is 3.06 bits per heavy atom. The van der Waals surface area contributed by atoms with Gasteiger partial charge in [0, 0.05) is 17.5 Å². The summed E-state index contributed by atoms with van der Waals surface area (Å²) >= 11 is 1.73. The molecule has 0 amide bonds. The number of nitrogens with zero attached hydrogens (tertiary/aromatic N) is 1. The Balaban J connectivity index is 1.99. The van der Waals surface area contributed by atoms with Gasteiger partial charge in [-0.3, -0.25) is 4.98 Å². The first-order valence-electron chi connectivity index (χ1n) is 5.19. The van der Waals surface area contributed by atoms with Crippen LogP contribution >= 0.6 is 11.3 Å². The summed E-state index contributed by atoms with van der Waals surface area (Å²) in [6.45, 7) is 0. The Labute approximate surface area is 98.4 Å². The molecule has 16 heavy (non-hydrogen) atoms. The van der Waals surface area contributed by atoms with Crippen molar-refractivity contribution in [3.8, 4) is 0 Å². The van der Waals surface area contributed by atoms with E-state index in [4.69, 9.17) is 0 Å². The highest BCUT2D eigenvalue weighted by atomic mass is 32.1. The second kappa shape index (κ2) is 4.06. The fourth-order valence-corrected chi connectivity index (χ4v) is 2.42. The molecule has 0 N–H and O–H groups in total. The summed E-state index contributed by atoms with van der Waals surface area (Å²) in [4.78, 5) is 4.63. The highest BCUT2D eigenvalue weighted by Gasteiger charge is 1.99. The molecular formula is C14H10NS. The van der Waals surface area contributed by atoms with Gasteiger partial charge < -0.3 is 0 Å². The van der Waals surface area contributed by atoms with Crippen molar-refractivity contribution in [3.63, 3.8) is 0 Å². The van der Waals surface area contributed by atoms with E-state index in [2.05, 4.69) is 40.0 Å². The SMILES string of the molecule is [c]1ccc2nc(Cc3ccsc3)ccc2c1. The minimum Gasteiger partial charge on any atom is -0.252 e. The number of aromatic nitrogens is 1. The van der Waals surface area contributed by atoms with Gasteiger partial charge in [0.1, 0.15) is 0 Å². The molecule has 0 saturated heterocycles.